The van der Waals surface area contributed by atoms with Gasteiger partial charge in [-0.05, 0) is 59.9 Å². The molecule has 0 saturated carbocycles. The molecule has 1 N–H and O–H groups in total. The lowest BCUT2D eigenvalue weighted by Gasteiger charge is -2.37. The molecule has 0 spiro atoms. The van der Waals surface area contributed by atoms with Crippen molar-refractivity contribution in [3.63, 3.8) is 0 Å². The number of halogens is 2. The number of hydrogen-bond acceptors (Lipinski definition) is 3. The summed E-state index contributed by atoms with van der Waals surface area (Å²) in [5.41, 5.74) is 1.63. The second-order valence-corrected chi connectivity index (χ2v) is 11.6. The third kappa shape index (κ3) is 6.62. The lowest BCUT2D eigenvalue weighted by molar-refractivity contribution is 0.159. The number of fused-ring (bicyclic) bond motifs is 1. The summed E-state index contributed by atoms with van der Waals surface area (Å²) in [6, 6.07) is 11.8. The van der Waals surface area contributed by atoms with Crippen LogP contribution in [0.1, 0.15) is 38.8 Å². The van der Waals surface area contributed by atoms with Gasteiger partial charge in [0.05, 0.1) is 6.54 Å². The first-order chi connectivity index (χ1) is 16.1. The van der Waals surface area contributed by atoms with Crippen LogP contribution in [0.2, 0.25) is 0 Å². The molecule has 1 aromatic heterocycles. The van der Waals surface area contributed by atoms with Gasteiger partial charge in [0.25, 0.3) is 11.3 Å². The Hall–Kier alpha value is -1.87. The molecule has 2 atom stereocenters. The fourth-order valence-electron chi connectivity index (χ4n) is 4.37. The van der Waals surface area contributed by atoms with E-state index in [4.69, 9.17) is 0 Å². The Morgan fingerprint density at radius 1 is 0.971 bits per heavy atom. The maximum absolute atomic E-state index is 14.0. The first-order valence-corrected chi connectivity index (χ1v) is 13.5. The number of anilines is 1. The molecule has 8 heteroatoms. The first-order valence-electron chi connectivity index (χ1n) is 11.6. The third-order valence-electron chi connectivity index (χ3n) is 5.78. The van der Waals surface area contributed by atoms with E-state index in [1.807, 2.05) is 31.2 Å². The van der Waals surface area contributed by atoms with E-state index >= 15 is 0 Å². The summed E-state index contributed by atoms with van der Waals surface area (Å²) >= 11 is -0.740. The number of rotatable bonds is 11. The highest BCUT2D eigenvalue weighted by molar-refractivity contribution is 7.81. The van der Waals surface area contributed by atoms with Gasteiger partial charge in [0.1, 0.15) is 5.00 Å². The van der Waals surface area contributed by atoms with Crippen molar-refractivity contribution in [3.8, 4) is 0 Å². The summed E-state index contributed by atoms with van der Waals surface area (Å²) in [7, 11) is 0. The van der Waals surface area contributed by atoms with Gasteiger partial charge < -0.3 is 0 Å². The molecule has 0 radical (unpaired) electrons. The van der Waals surface area contributed by atoms with Gasteiger partial charge in [-0.3, -0.25) is 13.8 Å². The number of benzene rings is 2. The fraction of sp³-hybridized carbons (Fsp3) is 0.462. The van der Waals surface area contributed by atoms with Gasteiger partial charge in [0.2, 0.25) is 0 Å². The Balaban J connectivity index is 2.01. The zero-order chi connectivity index (χ0) is 25.0. The highest BCUT2D eigenvalue weighted by Gasteiger charge is 2.28. The zero-order valence-corrected chi connectivity index (χ0v) is 22.1. The van der Waals surface area contributed by atoms with Crippen LogP contribution in [-0.4, -0.2) is 39.3 Å². The largest absolute Gasteiger partial charge is 0.298 e. The van der Waals surface area contributed by atoms with Crippen LogP contribution in [0, 0.1) is 30.4 Å². The van der Waals surface area contributed by atoms with E-state index in [2.05, 4.69) is 32.6 Å². The van der Waals surface area contributed by atoms with Gasteiger partial charge in [-0.15, -0.1) is 11.3 Å². The monoisotopic (exact) mass is 508 g/mol. The molecule has 0 amide bonds. The normalized spacial score (nSPS) is 13.9. The second kappa shape index (κ2) is 11.7. The minimum absolute atomic E-state index is 0.171. The number of aryl methyl sites for hydroxylation is 1. The second-order valence-electron chi connectivity index (χ2n) is 9.67. The van der Waals surface area contributed by atoms with E-state index in [9.17, 15) is 17.5 Å². The van der Waals surface area contributed by atoms with Gasteiger partial charge >= 0.3 is 0 Å². The molecule has 0 aliphatic rings. The van der Waals surface area contributed by atoms with Crippen molar-refractivity contribution in [3.05, 3.63) is 65.2 Å². The summed E-state index contributed by atoms with van der Waals surface area (Å²) in [6.07, 6.45) is 0.439. The molecule has 0 aliphatic heterocycles. The molecule has 0 bridgehead atoms. The molecule has 2 unspecified atom stereocenters. The van der Waals surface area contributed by atoms with Gasteiger partial charge in [-0.25, -0.2) is 13.0 Å². The van der Waals surface area contributed by atoms with E-state index in [-0.39, 0.29) is 12.6 Å². The Morgan fingerprint density at radius 2 is 1.62 bits per heavy atom. The molecular formula is C26H34F2N2O2S2. The molecular weight excluding hydrogens is 474 g/mol. The summed E-state index contributed by atoms with van der Waals surface area (Å²) in [4.78, 5) is 2.32. The predicted molar refractivity (Wildman–Crippen MR) is 140 cm³/mol. The molecule has 1 heterocycles. The van der Waals surface area contributed by atoms with Crippen LogP contribution < -0.4 is 4.31 Å². The number of nitrogens with zero attached hydrogens (tertiary/aromatic N) is 2. The Kier molecular flexibility index (Phi) is 9.20. The molecule has 0 aliphatic carbocycles. The summed E-state index contributed by atoms with van der Waals surface area (Å²) < 4.78 is 53.1. The Labute approximate surface area is 208 Å². The van der Waals surface area contributed by atoms with Crippen molar-refractivity contribution in [2.75, 3.05) is 23.9 Å². The maximum Gasteiger partial charge on any atom is 0.262 e. The smallest absolute Gasteiger partial charge is 0.262 e. The fourth-order valence-corrected chi connectivity index (χ4v) is 6.37. The van der Waals surface area contributed by atoms with Crippen LogP contribution in [0.3, 0.4) is 0 Å². The van der Waals surface area contributed by atoms with Crippen molar-refractivity contribution < 1.29 is 17.5 Å². The van der Waals surface area contributed by atoms with Crippen molar-refractivity contribution in [1.29, 1.82) is 0 Å². The van der Waals surface area contributed by atoms with Crippen LogP contribution in [0.25, 0.3) is 10.1 Å². The molecule has 4 nitrogen and oxygen atoms in total. The summed E-state index contributed by atoms with van der Waals surface area (Å²) in [6.45, 7) is 12.4. The molecule has 0 fully saturated rings. The SMILES string of the molecule is Cc1c(N(CC(Cc2ccc(F)c(F)c2)N(CC(C)C)CC(C)C)S(=O)O)sc2ccccc12. The molecule has 34 heavy (non-hydrogen) atoms. The maximum atomic E-state index is 14.0. The predicted octanol–water partition coefficient (Wildman–Crippen LogP) is 6.66. The first kappa shape index (κ1) is 26.7. The molecule has 0 saturated heterocycles. The van der Waals surface area contributed by atoms with E-state index < -0.39 is 22.9 Å². The lowest BCUT2D eigenvalue weighted by Crippen LogP contribution is -2.48. The number of hydrogen-bond donors (Lipinski definition) is 1. The van der Waals surface area contributed by atoms with Gasteiger partial charge in [-0.1, -0.05) is 52.0 Å². The van der Waals surface area contributed by atoms with Gasteiger partial charge in [0, 0.05) is 23.8 Å². The average Bonchev–Trinajstić information content (AvgIpc) is 3.08. The molecule has 3 aromatic rings. The highest BCUT2D eigenvalue weighted by atomic mass is 32.2. The average molecular weight is 509 g/mol. The van der Waals surface area contributed by atoms with Gasteiger partial charge in [0.15, 0.2) is 11.6 Å². The topological polar surface area (TPSA) is 43.8 Å². The van der Waals surface area contributed by atoms with Crippen molar-refractivity contribution >= 4 is 37.7 Å². The zero-order valence-electron chi connectivity index (χ0n) is 20.4. The van der Waals surface area contributed by atoms with Crippen LogP contribution >= 0.6 is 11.3 Å². The molecule has 2 aromatic carbocycles. The molecule has 186 valence electrons. The van der Waals surface area contributed by atoms with E-state index in [1.165, 1.54) is 21.7 Å². The Morgan fingerprint density at radius 3 is 2.18 bits per heavy atom. The van der Waals surface area contributed by atoms with E-state index in [1.54, 1.807) is 6.07 Å². The van der Waals surface area contributed by atoms with Crippen LogP contribution in [-0.2, 0) is 17.7 Å². The van der Waals surface area contributed by atoms with E-state index in [0.29, 0.717) is 23.8 Å². The van der Waals surface area contributed by atoms with E-state index in [0.717, 1.165) is 39.8 Å². The lowest BCUT2D eigenvalue weighted by atomic mass is 10.0. The van der Waals surface area contributed by atoms with Crippen molar-refractivity contribution in [2.45, 2.75) is 47.1 Å². The summed E-state index contributed by atoms with van der Waals surface area (Å²) in [5.74, 6) is -0.991. The minimum atomic E-state index is -2.24. The van der Waals surface area contributed by atoms with Gasteiger partial charge in [-0.2, -0.15) is 0 Å². The van der Waals surface area contributed by atoms with Crippen molar-refractivity contribution in [2.24, 2.45) is 11.8 Å². The van der Waals surface area contributed by atoms with Crippen LogP contribution in [0.5, 0.6) is 0 Å². The van der Waals surface area contributed by atoms with Crippen molar-refractivity contribution in [1.82, 2.24) is 4.90 Å². The standard InChI is InChI=1S/C26H34F2N2O2S2/c1-17(2)14-29(15-18(3)4)21(12-20-10-11-23(27)24(28)13-20)16-30(34(31)32)26-19(5)22-8-6-7-9-25(22)33-26/h6-11,13,17-18,21H,12,14-16H2,1-5H3,(H,31,32). The molecule has 3 rings (SSSR count). The number of thiophene rings is 1. The minimum Gasteiger partial charge on any atom is -0.298 e. The third-order valence-corrected chi connectivity index (χ3v) is 7.90. The van der Waals surface area contributed by atoms with Crippen LogP contribution in [0.15, 0.2) is 42.5 Å². The van der Waals surface area contributed by atoms with Crippen LogP contribution in [0.4, 0.5) is 13.8 Å². The quantitative estimate of drug-likeness (QED) is 0.295. The Bertz CT molecular complexity index is 1120. The summed E-state index contributed by atoms with van der Waals surface area (Å²) in [5, 5.41) is 1.82. The highest BCUT2D eigenvalue weighted by Crippen LogP contribution is 2.38.